The zero-order chi connectivity index (χ0) is 12.6. The molecular formula is C7H5BF4O4. The van der Waals surface area contributed by atoms with E-state index in [0.29, 0.717) is 0 Å². The summed E-state index contributed by atoms with van der Waals surface area (Å²) >= 11 is 0. The SMILES string of the molecule is O=C(O)C1=C(F)C(F)C(B(O)O)C(F)=C1F. The van der Waals surface area contributed by atoms with Gasteiger partial charge >= 0.3 is 13.1 Å². The predicted molar refractivity (Wildman–Crippen MR) is 43.8 cm³/mol. The van der Waals surface area contributed by atoms with Gasteiger partial charge in [0.05, 0.1) is 5.82 Å². The van der Waals surface area contributed by atoms with Crippen molar-refractivity contribution >= 4 is 13.1 Å². The van der Waals surface area contributed by atoms with Crippen molar-refractivity contribution in [3.63, 3.8) is 0 Å². The molecule has 0 aromatic rings. The monoisotopic (exact) mass is 240 g/mol. The smallest absolute Gasteiger partial charge is 0.465 e. The quantitative estimate of drug-likeness (QED) is 0.488. The molecule has 4 nitrogen and oxygen atoms in total. The average Bonchev–Trinajstić information content (AvgIpc) is 2.14. The standard InChI is InChI=1S/C7H5BF4O4/c9-3-1(7(13)14)4(10)6(12)2(5(3)11)8(15)16/h2,5,15-16H,(H,13,14). The van der Waals surface area contributed by atoms with Crippen LogP contribution < -0.4 is 0 Å². The number of carboxylic acid groups (broad SMARTS) is 1. The molecule has 2 atom stereocenters. The lowest BCUT2D eigenvalue weighted by Crippen LogP contribution is -2.33. The number of allylic oxidation sites excluding steroid dienone is 2. The van der Waals surface area contributed by atoms with Gasteiger partial charge in [-0.25, -0.2) is 22.4 Å². The normalized spacial score (nSPS) is 26.1. The highest BCUT2D eigenvalue weighted by atomic mass is 19.2. The van der Waals surface area contributed by atoms with E-state index in [-0.39, 0.29) is 0 Å². The van der Waals surface area contributed by atoms with Gasteiger partial charge in [-0.15, -0.1) is 0 Å². The fourth-order valence-electron chi connectivity index (χ4n) is 1.27. The number of hydrogen-bond donors (Lipinski definition) is 3. The summed E-state index contributed by atoms with van der Waals surface area (Å²) in [6.07, 6.45) is -2.95. The zero-order valence-electron chi connectivity index (χ0n) is 7.49. The molecule has 9 heteroatoms. The minimum Gasteiger partial charge on any atom is -0.477 e. The summed E-state index contributed by atoms with van der Waals surface area (Å²) in [5, 5.41) is 25.3. The molecule has 0 saturated heterocycles. The number of carboxylic acids is 1. The highest BCUT2D eigenvalue weighted by Gasteiger charge is 2.47. The van der Waals surface area contributed by atoms with E-state index in [2.05, 4.69) is 0 Å². The molecule has 0 bridgehead atoms. The minimum atomic E-state index is -2.95. The molecule has 3 N–H and O–H groups in total. The van der Waals surface area contributed by atoms with Crippen molar-refractivity contribution in [1.82, 2.24) is 0 Å². The van der Waals surface area contributed by atoms with E-state index in [1.165, 1.54) is 0 Å². The second-order valence-corrected chi connectivity index (χ2v) is 3.03. The molecule has 0 aromatic carbocycles. The maximum Gasteiger partial charge on any atom is 0.465 e. The Morgan fingerprint density at radius 1 is 1.19 bits per heavy atom. The first-order valence-electron chi connectivity index (χ1n) is 3.97. The first-order valence-corrected chi connectivity index (χ1v) is 3.97. The fraction of sp³-hybridized carbons (Fsp3) is 0.286. The lowest BCUT2D eigenvalue weighted by Gasteiger charge is -2.23. The van der Waals surface area contributed by atoms with E-state index in [4.69, 9.17) is 15.2 Å². The van der Waals surface area contributed by atoms with Crippen molar-refractivity contribution < 1.29 is 37.5 Å². The average molecular weight is 240 g/mol. The fourth-order valence-corrected chi connectivity index (χ4v) is 1.27. The van der Waals surface area contributed by atoms with E-state index >= 15 is 0 Å². The molecule has 0 heterocycles. The third kappa shape index (κ3) is 1.83. The van der Waals surface area contributed by atoms with Crippen LogP contribution in [0, 0.1) is 0 Å². The molecule has 1 aliphatic carbocycles. The molecule has 1 aliphatic rings. The molecule has 0 fully saturated rings. The molecule has 0 spiro atoms. The Bertz CT molecular complexity index is 392. The highest BCUT2D eigenvalue weighted by molar-refractivity contribution is 6.44. The van der Waals surface area contributed by atoms with E-state index in [1.807, 2.05) is 0 Å². The Hall–Kier alpha value is -1.35. The molecule has 88 valence electrons. The largest absolute Gasteiger partial charge is 0.477 e. The maximum atomic E-state index is 13.1. The van der Waals surface area contributed by atoms with E-state index in [9.17, 15) is 22.4 Å². The van der Waals surface area contributed by atoms with Gasteiger partial charge in [-0.1, -0.05) is 0 Å². The summed E-state index contributed by atoms with van der Waals surface area (Å²) in [4.78, 5) is 10.3. The molecular weight excluding hydrogens is 235 g/mol. The van der Waals surface area contributed by atoms with Crippen molar-refractivity contribution in [2.24, 2.45) is 0 Å². The van der Waals surface area contributed by atoms with Crippen LogP contribution in [0.4, 0.5) is 17.6 Å². The first kappa shape index (κ1) is 12.7. The third-order valence-corrected chi connectivity index (χ3v) is 2.05. The second kappa shape index (κ2) is 4.26. The van der Waals surface area contributed by atoms with Crippen molar-refractivity contribution in [2.45, 2.75) is 12.0 Å². The zero-order valence-corrected chi connectivity index (χ0v) is 7.49. The van der Waals surface area contributed by atoms with Gasteiger partial charge in [0, 0.05) is 0 Å². The molecule has 1 rings (SSSR count). The topological polar surface area (TPSA) is 77.8 Å². The van der Waals surface area contributed by atoms with Gasteiger partial charge in [-0.2, -0.15) is 0 Å². The first-order chi connectivity index (χ1) is 7.29. The van der Waals surface area contributed by atoms with E-state index in [0.717, 1.165) is 0 Å². The van der Waals surface area contributed by atoms with Gasteiger partial charge in [0.25, 0.3) is 0 Å². The molecule has 0 aromatic heterocycles. The Morgan fingerprint density at radius 2 is 1.69 bits per heavy atom. The molecule has 16 heavy (non-hydrogen) atoms. The number of carbonyl (C=O) groups is 1. The van der Waals surface area contributed by atoms with Gasteiger partial charge in [0.2, 0.25) is 0 Å². The Labute approximate surface area is 86.6 Å². The van der Waals surface area contributed by atoms with Gasteiger partial charge in [0.15, 0.2) is 17.8 Å². The molecule has 0 aliphatic heterocycles. The van der Waals surface area contributed by atoms with Crippen LogP contribution in [0.3, 0.4) is 0 Å². The van der Waals surface area contributed by atoms with E-state index < -0.39 is 48.1 Å². The van der Waals surface area contributed by atoms with Gasteiger partial charge in [-0.05, 0) is 0 Å². The third-order valence-electron chi connectivity index (χ3n) is 2.05. The summed E-state index contributed by atoms with van der Waals surface area (Å²) in [7, 11) is -2.68. The highest BCUT2D eigenvalue weighted by Crippen LogP contribution is 2.42. The van der Waals surface area contributed by atoms with Crippen LogP contribution in [0.1, 0.15) is 0 Å². The number of alkyl halides is 1. The van der Waals surface area contributed by atoms with Crippen LogP contribution in [0.2, 0.25) is 5.82 Å². The molecule has 0 radical (unpaired) electrons. The minimum absolute atomic E-state index is 1.78. The number of rotatable bonds is 2. The lowest BCUT2D eigenvalue weighted by atomic mass is 9.66. The summed E-state index contributed by atoms with van der Waals surface area (Å²) in [5.74, 6) is -10.9. The van der Waals surface area contributed by atoms with Gasteiger partial charge in [-0.3, -0.25) is 0 Å². The van der Waals surface area contributed by atoms with Crippen LogP contribution in [0.5, 0.6) is 0 Å². The number of halogens is 4. The van der Waals surface area contributed by atoms with Crippen molar-refractivity contribution in [1.29, 1.82) is 0 Å². The Balaban J connectivity index is 3.33. The number of hydrogen-bond acceptors (Lipinski definition) is 3. The lowest BCUT2D eigenvalue weighted by molar-refractivity contribution is -0.132. The second-order valence-electron chi connectivity index (χ2n) is 3.03. The molecule has 0 amide bonds. The summed E-state index contributed by atoms with van der Waals surface area (Å²) in [6.45, 7) is 0. The molecule has 2 unspecified atom stereocenters. The van der Waals surface area contributed by atoms with Crippen LogP contribution in [0.15, 0.2) is 23.1 Å². The predicted octanol–water partition coefficient (Wildman–Crippen LogP) is 0.640. The van der Waals surface area contributed by atoms with Gasteiger partial charge in [0.1, 0.15) is 11.4 Å². The van der Waals surface area contributed by atoms with Crippen LogP contribution >= 0.6 is 0 Å². The summed E-state index contributed by atoms with van der Waals surface area (Å²) < 4.78 is 52.0. The maximum absolute atomic E-state index is 13.1. The van der Waals surface area contributed by atoms with Gasteiger partial charge < -0.3 is 15.2 Å². The summed E-state index contributed by atoms with van der Waals surface area (Å²) in [5.41, 5.74) is -1.78. The van der Waals surface area contributed by atoms with Crippen molar-refractivity contribution in [3.05, 3.63) is 23.1 Å². The van der Waals surface area contributed by atoms with Crippen LogP contribution in [-0.2, 0) is 4.79 Å². The van der Waals surface area contributed by atoms with Crippen molar-refractivity contribution in [3.8, 4) is 0 Å². The van der Waals surface area contributed by atoms with E-state index in [1.54, 1.807) is 0 Å². The van der Waals surface area contributed by atoms with Crippen molar-refractivity contribution in [2.75, 3.05) is 0 Å². The molecule has 0 saturated carbocycles. The Kier molecular flexibility index (Phi) is 3.39. The summed E-state index contributed by atoms with van der Waals surface area (Å²) in [6, 6.07) is 0. The van der Waals surface area contributed by atoms with Crippen LogP contribution in [-0.4, -0.2) is 34.4 Å². The van der Waals surface area contributed by atoms with Crippen LogP contribution in [0.25, 0.3) is 0 Å². The number of aliphatic carboxylic acids is 1. The Morgan fingerprint density at radius 3 is 2.06 bits per heavy atom.